The van der Waals surface area contributed by atoms with Crippen LogP contribution in [0.15, 0.2) is 59.7 Å². The third-order valence-electron chi connectivity index (χ3n) is 2.84. The van der Waals surface area contributed by atoms with Crippen LogP contribution in [-0.4, -0.2) is 18.7 Å². The van der Waals surface area contributed by atoms with E-state index in [1.165, 1.54) is 12.1 Å². The lowest BCUT2D eigenvalue weighted by molar-refractivity contribution is -0.137. The second-order valence-corrected chi connectivity index (χ2v) is 4.64. The van der Waals surface area contributed by atoms with E-state index in [0.717, 1.165) is 24.0 Å². The number of hydrogen-bond donors (Lipinski definition) is 2. The van der Waals surface area contributed by atoms with Crippen LogP contribution in [0, 0.1) is 0 Å². The normalized spacial score (nSPS) is 11.4. The highest BCUT2D eigenvalue weighted by atomic mass is 19.4. The van der Waals surface area contributed by atoms with Crippen molar-refractivity contribution in [2.75, 3.05) is 11.9 Å². The molecule has 2 aromatic rings. The van der Waals surface area contributed by atoms with Crippen molar-refractivity contribution in [3.63, 3.8) is 0 Å². The van der Waals surface area contributed by atoms with Gasteiger partial charge in [-0.25, -0.2) is 5.43 Å². The molecule has 0 aliphatic heterocycles. The van der Waals surface area contributed by atoms with Crippen molar-refractivity contribution in [2.24, 2.45) is 5.10 Å². The Balaban J connectivity index is 1.85. The van der Waals surface area contributed by atoms with Gasteiger partial charge in [0.25, 0.3) is 5.91 Å². The number of rotatable bonds is 5. The van der Waals surface area contributed by atoms with Crippen LogP contribution in [0.25, 0.3) is 0 Å². The Hall–Kier alpha value is -2.83. The largest absolute Gasteiger partial charge is 0.416 e. The number of hydrogen-bond acceptors (Lipinski definition) is 3. The van der Waals surface area contributed by atoms with Crippen LogP contribution >= 0.6 is 0 Å². The molecule has 4 nitrogen and oxygen atoms in total. The number of anilines is 1. The molecule has 1 amide bonds. The van der Waals surface area contributed by atoms with Gasteiger partial charge in [0.05, 0.1) is 18.3 Å². The van der Waals surface area contributed by atoms with Gasteiger partial charge in [0.15, 0.2) is 0 Å². The molecule has 0 bridgehead atoms. The summed E-state index contributed by atoms with van der Waals surface area (Å²) in [7, 11) is 0. The summed E-state index contributed by atoms with van der Waals surface area (Å²) in [6.07, 6.45) is -3.25. The maximum atomic E-state index is 12.6. The zero-order valence-electron chi connectivity index (χ0n) is 12.0. The highest BCUT2D eigenvalue weighted by molar-refractivity contribution is 5.84. The zero-order chi connectivity index (χ0) is 16.7. The molecule has 0 aromatic heterocycles. The second kappa shape index (κ2) is 7.44. The van der Waals surface area contributed by atoms with E-state index in [0.29, 0.717) is 0 Å². The van der Waals surface area contributed by atoms with Gasteiger partial charge < -0.3 is 5.32 Å². The van der Waals surface area contributed by atoms with Gasteiger partial charge in [0, 0.05) is 5.69 Å². The second-order valence-electron chi connectivity index (χ2n) is 4.64. The number of nitrogens with one attached hydrogen (secondary N) is 2. The van der Waals surface area contributed by atoms with E-state index in [-0.39, 0.29) is 12.1 Å². The Morgan fingerprint density at radius 1 is 1.09 bits per heavy atom. The summed E-state index contributed by atoms with van der Waals surface area (Å²) in [6.45, 7) is 0.00391. The molecule has 7 heteroatoms. The number of alkyl halides is 3. The Labute approximate surface area is 131 Å². The highest BCUT2D eigenvalue weighted by Gasteiger charge is 2.30. The predicted molar refractivity (Wildman–Crippen MR) is 82.1 cm³/mol. The standard InChI is InChI=1S/C16H14F3N3O/c17-16(18,19)13-6-4-5-12(9-13)10-21-22-15(23)11-20-14-7-2-1-3-8-14/h1-10,20H,11H2,(H,22,23)/b21-10+. The molecule has 23 heavy (non-hydrogen) atoms. The monoisotopic (exact) mass is 321 g/mol. The molecule has 0 heterocycles. The summed E-state index contributed by atoms with van der Waals surface area (Å²) in [5, 5.41) is 6.53. The van der Waals surface area contributed by atoms with Gasteiger partial charge in [-0.15, -0.1) is 0 Å². The van der Waals surface area contributed by atoms with E-state index in [4.69, 9.17) is 0 Å². The molecule has 0 aliphatic rings. The molecule has 0 unspecified atom stereocenters. The SMILES string of the molecule is O=C(CNc1ccccc1)N/N=C/c1cccc(C(F)(F)F)c1. The highest BCUT2D eigenvalue weighted by Crippen LogP contribution is 2.29. The van der Waals surface area contributed by atoms with Gasteiger partial charge in [0.1, 0.15) is 0 Å². The van der Waals surface area contributed by atoms with Crippen LogP contribution in [0.1, 0.15) is 11.1 Å². The minimum atomic E-state index is -4.41. The van der Waals surface area contributed by atoms with Gasteiger partial charge in [-0.2, -0.15) is 18.3 Å². The predicted octanol–water partition coefficient (Wildman–Crippen LogP) is 3.27. The fraction of sp³-hybridized carbons (Fsp3) is 0.125. The first-order valence-electron chi connectivity index (χ1n) is 6.73. The van der Waals surface area contributed by atoms with Crippen LogP contribution in [0.3, 0.4) is 0 Å². The molecule has 0 saturated carbocycles. The molecule has 2 rings (SSSR count). The molecule has 0 atom stereocenters. The topological polar surface area (TPSA) is 53.5 Å². The molecule has 2 aromatic carbocycles. The number of amides is 1. The first-order valence-corrected chi connectivity index (χ1v) is 6.73. The van der Waals surface area contributed by atoms with Gasteiger partial charge in [-0.3, -0.25) is 4.79 Å². The first-order chi connectivity index (χ1) is 10.9. The van der Waals surface area contributed by atoms with Crippen LogP contribution in [-0.2, 0) is 11.0 Å². The number of para-hydroxylation sites is 1. The third kappa shape index (κ3) is 5.46. The van der Waals surface area contributed by atoms with E-state index in [1.807, 2.05) is 18.2 Å². The minimum Gasteiger partial charge on any atom is -0.376 e. The molecular formula is C16H14F3N3O. The Morgan fingerprint density at radius 2 is 1.83 bits per heavy atom. The van der Waals surface area contributed by atoms with Crippen LogP contribution < -0.4 is 10.7 Å². The summed E-state index contributed by atoms with van der Waals surface area (Å²) in [5.41, 5.74) is 2.51. The smallest absolute Gasteiger partial charge is 0.376 e. The molecular weight excluding hydrogens is 307 g/mol. The number of benzene rings is 2. The molecule has 0 aliphatic carbocycles. The van der Waals surface area contributed by atoms with E-state index in [9.17, 15) is 18.0 Å². The molecule has 0 radical (unpaired) electrons. The number of carbonyl (C=O) groups excluding carboxylic acids is 1. The fourth-order valence-corrected chi connectivity index (χ4v) is 1.75. The molecule has 0 saturated heterocycles. The number of hydrazone groups is 1. The van der Waals surface area contributed by atoms with Crippen molar-refractivity contribution in [2.45, 2.75) is 6.18 Å². The molecule has 2 N–H and O–H groups in total. The molecule has 0 fully saturated rings. The first kappa shape index (κ1) is 16.5. The van der Waals surface area contributed by atoms with Gasteiger partial charge >= 0.3 is 6.18 Å². The fourth-order valence-electron chi connectivity index (χ4n) is 1.75. The van der Waals surface area contributed by atoms with E-state index < -0.39 is 17.6 Å². The van der Waals surface area contributed by atoms with Crippen molar-refractivity contribution in [3.05, 3.63) is 65.7 Å². The maximum absolute atomic E-state index is 12.6. The average Bonchev–Trinajstić information content (AvgIpc) is 2.53. The minimum absolute atomic E-state index is 0.00391. The van der Waals surface area contributed by atoms with Gasteiger partial charge in [-0.05, 0) is 29.8 Å². The third-order valence-corrected chi connectivity index (χ3v) is 2.84. The lowest BCUT2D eigenvalue weighted by Gasteiger charge is -2.06. The summed E-state index contributed by atoms with van der Waals surface area (Å²) in [4.78, 5) is 11.6. The van der Waals surface area contributed by atoms with Crippen LogP contribution in [0.5, 0.6) is 0 Å². The summed E-state index contributed by atoms with van der Waals surface area (Å²) in [5.74, 6) is -0.405. The Bertz CT molecular complexity index is 684. The average molecular weight is 321 g/mol. The lowest BCUT2D eigenvalue weighted by Crippen LogP contribution is -2.25. The lowest BCUT2D eigenvalue weighted by atomic mass is 10.1. The van der Waals surface area contributed by atoms with Crippen molar-refractivity contribution < 1.29 is 18.0 Å². The van der Waals surface area contributed by atoms with E-state index in [1.54, 1.807) is 12.1 Å². The van der Waals surface area contributed by atoms with Crippen LogP contribution in [0.2, 0.25) is 0 Å². The summed E-state index contributed by atoms with van der Waals surface area (Å²) < 4.78 is 37.7. The van der Waals surface area contributed by atoms with Crippen molar-refractivity contribution >= 4 is 17.8 Å². The quantitative estimate of drug-likeness (QED) is 0.656. The van der Waals surface area contributed by atoms with Crippen molar-refractivity contribution in [3.8, 4) is 0 Å². The van der Waals surface area contributed by atoms with Crippen LogP contribution in [0.4, 0.5) is 18.9 Å². The summed E-state index contributed by atoms with van der Waals surface area (Å²) in [6, 6.07) is 13.8. The van der Waals surface area contributed by atoms with Gasteiger partial charge in [-0.1, -0.05) is 30.3 Å². The molecule has 120 valence electrons. The van der Waals surface area contributed by atoms with E-state index >= 15 is 0 Å². The molecule has 0 spiro atoms. The van der Waals surface area contributed by atoms with Gasteiger partial charge in [0.2, 0.25) is 0 Å². The van der Waals surface area contributed by atoms with Crippen molar-refractivity contribution in [1.82, 2.24) is 5.43 Å². The van der Waals surface area contributed by atoms with Crippen molar-refractivity contribution in [1.29, 1.82) is 0 Å². The van der Waals surface area contributed by atoms with E-state index in [2.05, 4.69) is 15.8 Å². The number of carbonyl (C=O) groups is 1. The number of nitrogens with zero attached hydrogens (tertiary/aromatic N) is 1. The number of halogens is 3. The summed E-state index contributed by atoms with van der Waals surface area (Å²) >= 11 is 0. The Morgan fingerprint density at radius 3 is 2.52 bits per heavy atom. The zero-order valence-corrected chi connectivity index (χ0v) is 12.0. The maximum Gasteiger partial charge on any atom is 0.416 e. The Kier molecular flexibility index (Phi) is 5.35.